The van der Waals surface area contributed by atoms with Gasteiger partial charge in [0.25, 0.3) is 17.7 Å². The van der Waals surface area contributed by atoms with Gasteiger partial charge >= 0.3 is 0 Å². The van der Waals surface area contributed by atoms with Crippen LogP contribution in [0.2, 0.25) is 5.02 Å². The molecule has 2 aromatic rings. The number of hydrogen-bond acceptors (Lipinski definition) is 6. The molecule has 1 aliphatic rings. The van der Waals surface area contributed by atoms with E-state index >= 15 is 0 Å². The van der Waals surface area contributed by atoms with Gasteiger partial charge in [-0.25, -0.2) is 0 Å². The molecule has 0 atom stereocenters. The molecule has 0 radical (unpaired) electrons. The van der Waals surface area contributed by atoms with E-state index in [1.165, 1.54) is 12.1 Å². The number of benzene rings is 2. The number of carbonyl (C=O) groups excluding carboxylic acids is 3. The fourth-order valence-electron chi connectivity index (χ4n) is 2.90. The van der Waals surface area contributed by atoms with Crippen LogP contribution in [0, 0.1) is 6.92 Å². The van der Waals surface area contributed by atoms with Crippen LogP contribution >= 0.6 is 23.8 Å². The number of halogens is 1. The number of carbonyl (C=O) groups is 3. The van der Waals surface area contributed by atoms with Crippen molar-refractivity contribution >= 4 is 58.4 Å². The zero-order valence-corrected chi connectivity index (χ0v) is 18.9. The molecule has 1 heterocycles. The van der Waals surface area contributed by atoms with Gasteiger partial charge in [0, 0.05) is 5.69 Å². The molecular formula is C22H20ClN3O5S. The van der Waals surface area contributed by atoms with E-state index in [2.05, 4.69) is 16.0 Å². The predicted molar refractivity (Wildman–Crippen MR) is 125 cm³/mol. The van der Waals surface area contributed by atoms with Crippen molar-refractivity contribution in [3.8, 4) is 11.5 Å². The molecule has 2 aromatic carbocycles. The van der Waals surface area contributed by atoms with Crippen molar-refractivity contribution in [3.05, 3.63) is 58.1 Å². The maximum atomic E-state index is 12.3. The highest BCUT2D eigenvalue weighted by Gasteiger charge is 2.26. The van der Waals surface area contributed by atoms with Crippen molar-refractivity contribution in [2.75, 3.05) is 18.5 Å². The van der Waals surface area contributed by atoms with Gasteiger partial charge in [-0.15, -0.1) is 0 Å². The molecule has 3 rings (SSSR count). The fraction of sp³-hybridized carbons (Fsp3) is 0.182. The summed E-state index contributed by atoms with van der Waals surface area (Å²) < 4.78 is 11.2. The minimum absolute atomic E-state index is 0.0575. The first kappa shape index (κ1) is 23.2. The summed E-state index contributed by atoms with van der Waals surface area (Å²) in [4.78, 5) is 36.4. The lowest BCUT2D eigenvalue weighted by Gasteiger charge is -2.17. The number of hydrogen-bond donors (Lipinski definition) is 3. The van der Waals surface area contributed by atoms with E-state index in [0.717, 1.165) is 5.56 Å². The summed E-state index contributed by atoms with van der Waals surface area (Å²) in [5.74, 6) is -1.18. The first-order valence-corrected chi connectivity index (χ1v) is 10.4. The van der Waals surface area contributed by atoms with Gasteiger partial charge in [0.1, 0.15) is 5.57 Å². The third kappa shape index (κ3) is 5.83. The number of amides is 3. The standard InChI is InChI=1S/C22H20ClN3O5S/c1-3-30-17-10-13(8-15-20(28)25-22(32)26-21(15)29)9-16(23)19(17)31-11-18(27)24-14-6-4-5-12(2)7-14/h4-10H,3,11H2,1-2H3,(H,24,27)(H2,25,26,28,29,32). The van der Waals surface area contributed by atoms with Gasteiger partial charge in [0.05, 0.1) is 11.6 Å². The van der Waals surface area contributed by atoms with Gasteiger partial charge in [-0.1, -0.05) is 23.7 Å². The van der Waals surface area contributed by atoms with Crippen molar-refractivity contribution in [1.82, 2.24) is 10.6 Å². The van der Waals surface area contributed by atoms with Crippen LogP contribution < -0.4 is 25.4 Å². The summed E-state index contributed by atoms with van der Waals surface area (Å²) in [6.07, 6.45) is 1.36. The molecule has 3 amide bonds. The van der Waals surface area contributed by atoms with Crippen LogP contribution in [0.1, 0.15) is 18.1 Å². The molecule has 1 fully saturated rings. The van der Waals surface area contributed by atoms with Gasteiger partial charge in [-0.05, 0) is 67.5 Å². The molecule has 0 bridgehead atoms. The molecule has 3 N–H and O–H groups in total. The smallest absolute Gasteiger partial charge is 0.263 e. The summed E-state index contributed by atoms with van der Waals surface area (Å²) in [5, 5.41) is 7.56. The zero-order valence-electron chi connectivity index (χ0n) is 17.3. The Morgan fingerprint density at radius 1 is 1.16 bits per heavy atom. The second-order valence-electron chi connectivity index (χ2n) is 6.76. The van der Waals surface area contributed by atoms with Crippen molar-refractivity contribution in [2.24, 2.45) is 0 Å². The van der Waals surface area contributed by atoms with E-state index in [-0.39, 0.29) is 39.7 Å². The van der Waals surface area contributed by atoms with E-state index in [9.17, 15) is 14.4 Å². The second-order valence-corrected chi connectivity index (χ2v) is 7.58. The number of nitrogens with one attached hydrogen (secondary N) is 3. The summed E-state index contributed by atoms with van der Waals surface area (Å²) in [6, 6.07) is 10.4. The molecule has 0 spiro atoms. The molecule has 1 saturated heterocycles. The summed E-state index contributed by atoms with van der Waals surface area (Å²) in [7, 11) is 0. The largest absolute Gasteiger partial charge is 0.490 e. The molecular weight excluding hydrogens is 454 g/mol. The summed E-state index contributed by atoms with van der Waals surface area (Å²) >= 11 is 11.1. The second kappa shape index (κ2) is 10.3. The van der Waals surface area contributed by atoms with Crippen molar-refractivity contribution in [2.45, 2.75) is 13.8 Å². The van der Waals surface area contributed by atoms with Crippen LogP contribution in [0.3, 0.4) is 0 Å². The Hall–Kier alpha value is -3.43. The topological polar surface area (TPSA) is 106 Å². The number of aryl methyl sites for hydroxylation is 1. The first-order chi connectivity index (χ1) is 15.3. The average Bonchev–Trinajstić information content (AvgIpc) is 2.70. The predicted octanol–water partition coefficient (Wildman–Crippen LogP) is 2.98. The van der Waals surface area contributed by atoms with Crippen LogP contribution in [-0.2, 0) is 14.4 Å². The number of rotatable bonds is 7. The highest BCUT2D eigenvalue weighted by atomic mass is 35.5. The van der Waals surface area contributed by atoms with E-state index in [1.54, 1.807) is 19.1 Å². The Morgan fingerprint density at radius 3 is 2.53 bits per heavy atom. The highest BCUT2D eigenvalue weighted by molar-refractivity contribution is 7.80. The average molecular weight is 474 g/mol. The Balaban J connectivity index is 1.79. The lowest BCUT2D eigenvalue weighted by Crippen LogP contribution is -2.51. The van der Waals surface area contributed by atoms with Crippen LogP contribution in [0.5, 0.6) is 11.5 Å². The molecule has 0 aromatic heterocycles. The molecule has 10 heteroatoms. The van der Waals surface area contributed by atoms with Gasteiger partial charge in [0.2, 0.25) is 0 Å². The fourth-order valence-corrected chi connectivity index (χ4v) is 3.36. The minimum atomic E-state index is -0.624. The SMILES string of the molecule is CCOc1cc(C=C2C(=O)NC(=S)NC2=O)cc(Cl)c1OCC(=O)Nc1cccc(C)c1. The van der Waals surface area contributed by atoms with E-state index in [4.69, 9.17) is 33.3 Å². The van der Waals surface area contributed by atoms with Gasteiger partial charge in [-0.3, -0.25) is 25.0 Å². The van der Waals surface area contributed by atoms with E-state index in [1.807, 2.05) is 25.1 Å². The maximum absolute atomic E-state index is 12.3. The van der Waals surface area contributed by atoms with Gasteiger partial charge in [0.15, 0.2) is 23.2 Å². The monoisotopic (exact) mass is 473 g/mol. The molecule has 0 aliphatic carbocycles. The Labute approximate surface area is 194 Å². The van der Waals surface area contributed by atoms with E-state index in [0.29, 0.717) is 17.9 Å². The third-order valence-corrected chi connectivity index (χ3v) is 4.72. The number of ether oxygens (including phenoxy) is 2. The molecule has 166 valence electrons. The normalized spacial score (nSPS) is 13.2. The van der Waals surface area contributed by atoms with Crippen LogP contribution in [0.4, 0.5) is 5.69 Å². The van der Waals surface area contributed by atoms with Crippen molar-refractivity contribution < 1.29 is 23.9 Å². The molecule has 0 unspecified atom stereocenters. The Kier molecular flexibility index (Phi) is 7.45. The number of thiocarbonyl (C=S) groups is 1. The van der Waals surface area contributed by atoms with Crippen LogP contribution in [0.15, 0.2) is 42.0 Å². The highest BCUT2D eigenvalue weighted by Crippen LogP contribution is 2.37. The van der Waals surface area contributed by atoms with Crippen molar-refractivity contribution in [1.29, 1.82) is 0 Å². The maximum Gasteiger partial charge on any atom is 0.263 e. The van der Waals surface area contributed by atoms with Crippen molar-refractivity contribution in [3.63, 3.8) is 0 Å². The Morgan fingerprint density at radius 2 is 1.88 bits per heavy atom. The molecule has 1 aliphatic heterocycles. The van der Waals surface area contributed by atoms with Gasteiger partial charge in [-0.2, -0.15) is 0 Å². The first-order valence-electron chi connectivity index (χ1n) is 9.61. The lowest BCUT2D eigenvalue weighted by molar-refractivity contribution is -0.123. The number of anilines is 1. The van der Waals surface area contributed by atoms with E-state index < -0.39 is 11.8 Å². The van der Waals surface area contributed by atoms with Crippen LogP contribution in [0.25, 0.3) is 6.08 Å². The molecule has 0 saturated carbocycles. The minimum Gasteiger partial charge on any atom is -0.490 e. The lowest BCUT2D eigenvalue weighted by atomic mass is 10.1. The Bertz CT molecular complexity index is 1110. The van der Waals surface area contributed by atoms with Gasteiger partial charge < -0.3 is 14.8 Å². The van der Waals surface area contributed by atoms with Crippen LogP contribution in [-0.4, -0.2) is 36.0 Å². The quantitative estimate of drug-likeness (QED) is 0.324. The zero-order chi connectivity index (χ0) is 23.3. The third-order valence-electron chi connectivity index (χ3n) is 4.24. The molecule has 32 heavy (non-hydrogen) atoms. The summed E-state index contributed by atoms with van der Waals surface area (Å²) in [6.45, 7) is 3.70. The molecule has 8 nitrogen and oxygen atoms in total. The summed E-state index contributed by atoms with van der Waals surface area (Å²) in [5.41, 5.74) is 1.96.